The molecule has 0 radical (unpaired) electrons. The lowest BCUT2D eigenvalue weighted by atomic mass is 10.2. The maximum absolute atomic E-state index is 12.2. The molecule has 0 aliphatic rings. The second-order valence-corrected chi connectivity index (χ2v) is 6.29. The number of aryl methyl sites for hydroxylation is 1. The van der Waals surface area contributed by atoms with Gasteiger partial charge in [0.1, 0.15) is 12.3 Å². The first-order valence-corrected chi connectivity index (χ1v) is 8.60. The van der Waals surface area contributed by atoms with E-state index in [-0.39, 0.29) is 23.9 Å². The Morgan fingerprint density at radius 2 is 2.08 bits per heavy atom. The van der Waals surface area contributed by atoms with Crippen LogP contribution in [0, 0.1) is 11.8 Å². The monoisotopic (exact) mass is 389 g/mol. The minimum absolute atomic E-state index is 0.0703. The van der Waals surface area contributed by atoms with Crippen molar-refractivity contribution in [3.63, 3.8) is 0 Å². The van der Waals surface area contributed by atoms with Gasteiger partial charge in [-0.3, -0.25) is 4.79 Å². The summed E-state index contributed by atoms with van der Waals surface area (Å²) in [6.45, 7) is 1.94. The van der Waals surface area contributed by atoms with E-state index in [1.807, 2.05) is 43.3 Å². The first-order valence-electron chi connectivity index (χ1n) is 7.82. The molecule has 0 spiro atoms. The van der Waals surface area contributed by atoms with Crippen LogP contribution in [-0.4, -0.2) is 15.7 Å². The number of para-hydroxylation sites is 1. The van der Waals surface area contributed by atoms with Crippen molar-refractivity contribution in [1.82, 2.24) is 9.78 Å². The van der Waals surface area contributed by atoms with Gasteiger partial charge in [-0.15, -0.1) is 5.10 Å². The van der Waals surface area contributed by atoms with Crippen molar-refractivity contribution in [2.45, 2.75) is 20.1 Å². The smallest absolute Gasteiger partial charge is 0.287 e. The van der Waals surface area contributed by atoms with Crippen LogP contribution >= 0.6 is 23.8 Å². The number of hydrogen-bond donors (Lipinski definition) is 1. The third-order valence-corrected chi connectivity index (χ3v) is 4.20. The van der Waals surface area contributed by atoms with Gasteiger partial charge in [-0.05, 0) is 49.0 Å². The highest BCUT2D eigenvalue weighted by atomic mass is 35.5. The number of nitrogens with one attached hydrogen (secondary N) is 1. The Labute approximate surface area is 160 Å². The van der Waals surface area contributed by atoms with E-state index in [9.17, 15) is 4.79 Å². The highest BCUT2D eigenvalue weighted by Gasteiger charge is 2.11. The first-order chi connectivity index (χ1) is 12.5. The molecule has 0 aliphatic carbocycles. The fourth-order valence-electron chi connectivity index (χ4n) is 2.18. The van der Waals surface area contributed by atoms with Crippen molar-refractivity contribution < 1.29 is 13.9 Å². The Balaban J connectivity index is 1.60. The standard InChI is InChI=1S/C18H16ClN3O3S/c1-12-7-8-13(9-15(12)19)20-16(23)10-22-18(26)25-17(21-22)11-24-14-5-3-2-4-6-14/h2-9H,10-11H2,1H3,(H,20,23). The molecular formula is C18H16ClN3O3S. The minimum Gasteiger partial charge on any atom is -0.484 e. The number of carbonyl (C=O) groups is 1. The average Bonchev–Trinajstić information content (AvgIpc) is 2.97. The molecular weight excluding hydrogens is 374 g/mol. The fraction of sp³-hybridized carbons (Fsp3) is 0.167. The molecule has 26 heavy (non-hydrogen) atoms. The predicted octanol–water partition coefficient (Wildman–Crippen LogP) is 4.39. The number of hydrogen-bond acceptors (Lipinski definition) is 5. The van der Waals surface area contributed by atoms with Gasteiger partial charge in [0, 0.05) is 10.7 Å². The van der Waals surface area contributed by atoms with Crippen LogP contribution in [0.15, 0.2) is 52.9 Å². The zero-order valence-electron chi connectivity index (χ0n) is 13.9. The van der Waals surface area contributed by atoms with Crippen LogP contribution in [0.1, 0.15) is 11.5 Å². The summed E-state index contributed by atoms with van der Waals surface area (Å²) in [6.07, 6.45) is 0. The molecule has 0 fully saturated rings. The molecule has 2 aromatic carbocycles. The molecule has 1 amide bonds. The molecule has 6 nitrogen and oxygen atoms in total. The number of anilines is 1. The molecule has 3 aromatic rings. The van der Waals surface area contributed by atoms with Crippen LogP contribution in [0.4, 0.5) is 5.69 Å². The Morgan fingerprint density at radius 1 is 1.31 bits per heavy atom. The highest BCUT2D eigenvalue weighted by molar-refractivity contribution is 7.71. The zero-order valence-corrected chi connectivity index (χ0v) is 15.5. The van der Waals surface area contributed by atoms with Crippen molar-refractivity contribution in [3.05, 3.63) is 69.8 Å². The lowest BCUT2D eigenvalue weighted by Gasteiger charge is -2.06. The largest absolute Gasteiger partial charge is 0.484 e. The summed E-state index contributed by atoms with van der Waals surface area (Å²) in [4.78, 5) is 12.3. The van der Waals surface area contributed by atoms with Crippen molar-refractivity contribution in [2.24, 2.45) is 0 Å². The van der Waals surface area contributed by atoms with Gasteiger partial charge in [-0.2, -0.15) is 0 Å². The van der Waals surface area contributed by atoms with E-state index < -0.39 is 0 Å². The van der Waals surface area contributed by atoms with Gasteiger partial charge in [0.2, 0.25) is 5.91 Å². The SMILES string of the molecule is Cc1ccc(NC(=O)Cn2nc(COc3ccccc3)oc2=S)cc1Cl. The summed E-state index contributed by atoms with van der Waals surface area (Å²) in [6, 6.07) is 14.6. The van der Waals surface area contributed by atoms with Gasteiger partial charge >= 0.3 is 0 Å². The molecule has 134 valence electrons. The number of halogens is 1. The molecule has 0 unspecified atom stereocenters. The molecule has 0 aliphatic heterocycles. The van der Waals surface area contributed by atoms with Gasteiger partial charge in [-0.1, -0.05) is 35.9 Å². The number of carbonyl (C=O) groups excluding carboxylic acids is 1. The van der Waals surface area contributed by atoms with Gasteiger partial charge in [0.25, 0.3) is 10.7 Å². The third-order valence-electron chi connectivity index (χ3n) is 3.50. The van der Waals surface area contributed by atoms with Crippen molar-refractivity contribution in [1.29, 1.82) is 0 Å². The molecule has 1 aromatic heterocycles. The van der Waals surface area contributed by atoms with Crippen LogP contribution in [-0.2, 0) is 17.9 Å². The van der Waals surface area contributed by atoms with Crippen molar-refractivity contribution >= 4 is 35.4 Å². The second-order valence-electron chi connectivity index (χ2n) is 5.53. The van der Waals surface area contributed by atoms with Crippen LogP contribution in [0.3, 0.4) is 0 Å². The number of ether oxygens (including phenoxy) is 1. The molecule has 0 bridgehead atoms. The number of nitrogens with zero attached hydrogens (tertiary/aromatic N) is 2. The molecule has 1 N–H and O–H groups in total. The Kier molecular flexibility index (Phi) is 5.70. The van der Waals surface area contributed by atoms with Crippen molar-refractivity contribution in [3.8, 4) is 5.75 Å². The average molecular weight is 390 g/mol. The number of rotatable bonds is 6. The van der Waals surface area contributed by atoms with E-state index in [2.05, 4.69) is 10.4 Å². The summed E-state index contributed by atoms with van der Waals surface area (Å²) in [5.41, 5.74) is 1.54. The van der Waals surface area contributed by atoms with E-state index in [0.29, 0.717) is 22.4 Å². The van der Waals surface area contributed by atoms with Gasteiger partial charge in [0.05, 0.1) is 0 Å². The van der Waals surface area contributed by atoms with Gasteiger partial charge < -0.3 is 14.5 Å². The lowest BCUT2D eigenvalue weighted by molar-refractivity contribution is -0.117. The summed E-state index contributed by atoms with van der Waals surface area (Å²) < 4.78 is 12.2. The second kappa shape index (κ2) is 8.16. The molecule has 3 rings (SSSR count). The summed E-state index contributed by atoms with van der Waals surface area (Å²) in [5, 5.41) is 7.51. The van der Waals surface area contributed by atoms with E-state index >= 15 is 0 Å². The maximum Gasteiger partial charge on any atom is 0.287 e. The van der Waals surface area contributed by atoms with E-state index in [0.717, 1.165) is 5.56 Å². The predicted molar refractivity (Wildman–Crippen MR) is 101 cm³/mol. The van der Waals surface area contributed by atoms with Gasteiger partial charge in [-0.25, -0.2) is 4.68 Å². The summed E-state index contributed by atoms with van der Waals surface area (Å²) >= 11 is 11.2. The molecule has 1 heterocycles. The molecule has 0 atom stereocenters. The first kappa shape index (κ1) is 18.2. The van der Waals surface area contributed by atoms with E-state index in [4.69, 9.17) is 33.0 Å². The topological polar surface area (TPSA) is 69.3 Å². The fourth-order valence-corrected chi connectivity index (χ4v) is 2.56. The molecule has 8 heteroatoms. The van der Waals surface area contributed by atoms with E-state index in [1.165, 1.54) is 4.68 Å². The Bertz CT molecular complexity index is 969. The maximum atomic E-state index is 12.2. The van der Waals surface area contributed by atoms with E-state index in [1.54, 1.807) is 12.1 Å². The van der Waals surface area contributed by atoms with Gasteiger partial charge in [0.15, 0.2) is 6.61 Å². The highest BCUT2D eigenvalue weighted by Crippen LogP contribution is 2.20. The van der Waals surface area contributed by atoms with Crippen LogP contribution in [0.5, 0.6) is 5.75 Å². The number of aromatic nitrogens is 2. The van der Waals surface area contributed by atoms with Crippen LogP contribution < -0.4 is 10.1 Å². The Hall–Kier alpha value is -2.64. The molecule has 0 saturated heterocycles. The Morgan fingerprint density at radius 3 is 2.81 bits per heavy atom. The third kappa shape index (κ3) is 4.71. The lowest BCUT2D eigenvalue weighted by Crippen LogP contribution is -2.19. The summed E-state index contributed by atoms with van der Waals surface area (Å²) in [5.74, 6) is 0.701. The van der Waals surface area contributed by atoms with Crippen LogP contribution in [0.2, 0.25) is 5.02 Å². The quantitative estimate of drug-likeness (QED) is 0.633. The zero-order chi connectivity index (χ0) is 18.5. The van der Waals surface area contributed by atoms with Crippen molar-refractivity contribution in [2.75, 3.05) is 5.32 Å². The number of amides is 1. The normalized spacial score (nSPS) is 10.5. The summed E-state index contributed by atoms with van der Waals surface area (Å²) in [7, 11) is 0. The minimum atomic E-state index is -0.287. The number of benzene rings is 2. The van der Waals surface area contributed by atoms with Crippen LogP contribution in [0.25, 0.3) is 0 Å². The molecule has 0 saturated carbocycles.